The van der Waals surface area contributed by atoms with Gasteiger partial charge < -0.3 is 11.1 Å². The molecule has 0 saturated carbocycles. The molecule has 0 radical (unpaired) electrons. The summed E-state index contributed by atoms with van der Waals surface area (Å²) in [6, 6.07) is 0. The number of nitrogens with two attached hydrogens (primary N) is 1. The molecule has 0 fully saturated rings. The second-order valence-electron chi connectivity index (χ2n) is 4.61. The Bertz CT molecular complexity index is 622. The van der Waals surface area contributed by atoms with Gasteiger partial charge in [0.25, 0.3) is 5.91 Å². The molecule has 0 aliphatic heterocycles. The van der Waals surface area contributed by atoms with Crippen LogP contribution in [-0.2, 0) is 20.0 Å². The highest BCUT2D eigenvalue weighted by molar-refractivity contribution is 7.09. The maximum Gasteiger partial charge on any atom is 0.270 e. The van der Waals surface area contributed by atoms with Gasteiger partial charge in [-0.15, -0.1) is 23.7 Å². The minimum atomic E-state index is -0.153. The summed E-state index contributed by atoms with van der Waals surface area (Å²) in [4.78, 5) is 16.1. The highest BCUT2D eigenvalue weighted by atomic mass is 35.5. The second kappa shape index (κ2) is 7.53. The largest absolute Gasteiger partial charge is 0.350 e. The first kappa shape index (κ1) is 17.6. The van der Waals surface area contributed by atoms with Crippen molar-refractivity contribution in [2.24, 2.45) is 12.8 Å². The van der Waals surface area contributed by atoms with E-state index < -0.39 is 0 Å². The number of hydrogen-bond acceptors (Lipinski definition) is 5. The number of aromatic nitrogens is 3. The molecule has 3 N–H and O–H groups in total. The van der Waals surface area contributed by atoms with Crippen molar-refractivity contribution in [3.8, 4) is 0 Å². The fourth-order valence-corrected chi connectivity index (χ4v) is 2.73. The molecule has 0 aliphatic carbocycles. The van der Waals surface area contributed by atoms with Crippen LogP contribution in [0.3, 0.4) is 0 Å². The summed E-state index contributed by atoms with van der Waals surface area (Å²) in [6.45, 7) is 4.96. The summed E-state index contributed by atoms with van der Waals surface area (Å²) in [5.74, 6) is -0.153. The van der Waals surface area contributed by atoms with E-state index >= 15 is 0 Å². The Hall–Kier alpha value is -1.44. The molecule has 116 valence electrons. The first-order chi connectivity index (χ1) is 9.52. The van der Waals surface area contributed by atoms with Crippen LogP contribution < -0.4 is 11.1 Å². The van der Waals surface area contributed by atoms with Crippen LogP contribution in [0.4, 0.5) is 0 Å². The highest BCUT2D eigenvalue weighted by Crippen LogP contribution is 2.12. The summed E-state index contributed by atoms with van der Waals surface area (Å²) >= 11 is 1.41. The molecule has 2 heterocycles. The Morgan fingerprint density at radius 1 is 1.48 bits per heavy atom. The molecule has 1 amide bonds. The molecule has 6 nitrogen and oxygen atoms in total. The molecule has 2 aromatic heterocycles. The molecule has 0 aliphatic rings. The van der Waals surface area contributed by atoms with Crippen LogP contribution >= 0.6 is 23.7 Å². The topological polar surface area (TPSA) is 85.8 Å². The van der Waals surface area contributed by atoms with E-state index in [0.29, 0.717) is 18.8 Å². The summed E-state index contributed by atoms with van der Waals surface area (Å²) in [6.07, 6.45) is 0.769. The number of rotatable bonds is 5. The van der Waals surface area contributed by atoms with Crippen molar-refractivity contribution in [1.82, 2.24) is 20.1 Å². The maximum atomic E-state index is 11.9. The number of aryl methyl sites for hydroxylation is 2. The Kier molecular flexibility index (Phi) is 6.32. The zero-order chi connectivity index (χ0) is 14.7. The zero-order valence-corrected chi connectivity index (χ0v) is 14.0. The third-order valence-electron chi connectivity index (χ3n) is 3.28. The van der Waals surface area contributed by atoms with Crippen LogP contribution in [0.15, 0.2) is 5.38 Å². The molecule has 0 saturated heterocycles. The molecular formula is C13H20ClN5OS. The number of nitrogens with zero attached hydrogens (tertiary/aromatic N) is 3. The van der Waals surface area contributed by atoms with Crippen molar-refractivity contribution in [1.29, 1.82) is 0 Å². The lowest BCUT2D eigenvalue weighted by atomic mass is 10.1. The summed E-state index contributed by atoms with van der Waals surface area (Å²) in [7, 11) is 1.92. The quantitative estimate of drug-likeness (QED) is 0.867. The summed E-state index contributed by atoms with van der Waals surface area (Å²) in [5.41, 5.74) is 9.26. The van der Waals surface area contributed by atoms with Gasteiger partial charge in [-0.1, -0.05) is 0 Å². The van der Waals surface area contributed by atoms with Crippen LogP contribution in [0.1, 0.15) is 32.4 Å². The number of nitrogens with one attached hydrogen (secondary N) is 1. The first-order valence-corrected chi connectivity index (χ1v) is 7.32. The van der Waals surface area contributed by atoms with E-state index in [-0.39, 0.29) is 18.3 Å². The van der Waals surface area contributed by atoms with Gasteiger partial charge in [0.15, 0.2) is 0 Å². The predicted octanol–water partition coefficient (Wildman–Crippen LogP) is 1.35. The Morgan fingerprint density at radius 2 is 2.19 bits per heavy atom. The lowest BCUT2D eigenvalue weighted by Crippen LogP contribution is -2.26. The molecule has 21 heavy (non-hydrogen) atoms. The van der Waals surface area contributed by atoms with E-state index in [4.69, 9.17) is 5.73 Å². The molecule has 2 aromatic rings. The van der Waals surface area contributed by atoms with E-state index in [9.17, 15) is 4.79 Å². The molecule has 8 heteroatoms. The zero-order valence-electron chi connectivity index (χ0n) is 12.3. The monoisotopic (exact) mass is 329 g/mol. The smallest absolute Gasteiger partial charge is 0.270 e. The van der Waals surface area contributed by atoms with Gasteiger partial charge in [0, 0.05) is 31.2 Å². The third kappa shape index (κ3) is 4.03. The minimum Gasteiger partial charge on any atom is -0.350 e. The normalized spacial score (nSPS) is 10.3. The Balaban J connectivity index is 0.00000220. The van der Waals surface area contributed by atoms with Crippen LogP contribution in [0.25, 0.3) is 0 Å². The van der Waals surface area contributed by atoms with E-state index in [0.717, 1.165) is 22.8 Å². The minimum absolute atomic E-state index is 0. The van der Waals surface area contributed by atoms with Gasteiger partial charge in [0.2, 0.25) is 0 Å². The van der Waals surface area contributed by atoms with Gasteiger partial charge in [-0.2, -0.15) is 5.10 Å². The van der Waals surface area contributed by atoms with Crippen LogP contribution in [0, 0.1) is 13.8 Å². The van der Waals surface area contributed by atoms with Gasteiger partial charge in [0.1, 0.15) is 10.7 Å². The van der Waals surface area contributed by atoms with Gasteiger partial charge in [-0.25, -0.2) is 4.98 Å². The number of thiazole rings is 1. The molecule has 0 bridgehead atoms. The second-order valence-corrected chi connectivity index (χ2v) is 5.55. The maximum absolute atomic E-state index is 11.9. The predicted molar refractivity (Wildman–Crippen MR) is 86.0 cm³/mol. The molecule has 0 unspecified atom stereocenters. The van der Waals surface area contributed by atoms with Crippen LogP contribution in [-0.4, -0.2) is 27.2 Å². The van der Waals surface area contributed by atoms with E-state index in [1.54, 1.807) is 5.38 Å². The molecule has 2 rings (SSSR count). The van der Waals surface area contributed by atoms with Gasteiger partial charge >= 0.3 is 0 Å². The van der Waals surface area contributed by atoms with Gasteiger partial charge in [-0.3, -0.25) is 9.48 Å². The van der Waals surface area contributed by atoms with Crippen molar-refractivity contribution >= 4 is 29.7 Å². The van der Waals surface area contributed by atoms with Crippen molar-refractivity contribution < 1.29 is 4.79 Å². The number of halogens is 1. The number of amides is 1. The lowest BCUT2D eigenvalue weighted by molar-refractivity contribution is 0.0949. The fraction of sp³-hybridized carbons (Fsp3) is 0.462. The Labute approximate surface area is 134 Å². The number of carbonyl (C=O) groups excluding carboxylic acids is 1. The standard InChI is InChI=1S/C13H19N5OS.ClH/c1-8-10(9(2)18(3)17-8)4-5-15-13(19)11-7-20-12(6-14)16-11;/h7H,4-6,14H2,1-3H3,(H,15,19);1H. The SMILES string of the molecule is Cc1nn(C)c(C)c1CCNC(=O)c1csc(CN)n1.Cl. The van der Waals surface area contributed by atoms with Gasteiger partial charge in [0.05, 0.1) is 5.69 Å². The van der Waals surface area contributed by atoms with Crippen molar-refractivity contribution in [2.75, 3.05) is 6.54 Å². The average Bonchev–Trinajstić information content (AvgIpc) is 2.99. The van der Waals surface area contributed by atoms with Crippen molar-refractivity contribution in [2.45, 2.75) is 26.8 Å². The van der Waals surface area contributed by atoms with Crippen molar-refractivity contribution in [3.63, 3.8) is 0 Å². The number of hydrogen-bond donors (Lipinski definition) is 2. The first-order valence-electron chi connectivity index (χ1n) is 6.44. The number of carbonyl (C=O) groups is 1. The third-order valence-corrected chi connectivity index (χ3v) is 4.15. The van der Waals surface area contributed by atoms with E-state index in [1.165, 1.54) is 16.9 Å². The molecule has 0 aromatic carbocycles. The average molecular weight is 330 g/mol. The molecule has 0 atom stereocenters. The van der Waals surface area contributed by atoms with E-state index in [2.05, 4.69) is 15.4 Å². The van der Waals surface area contributed by atoms with Crippen LogP contribution in [0.2, 0.25) is 0 Å². The van der Waals surface area contributed by atoms with E-state index in [1.807, 2.05) is 25.6 Å². The van der Waals surface area contributed by atoms with Crippen molar-refractivity contribution in [3.05, 3.63) is 33.0 Å². The lowest BCUT2D eigenvalue weighted by Gasteiger charge is -2.04. The Morgan fingerprint density at radius 3 is 2.71 bits per heavy atom. The highest BCUT2D eigenvalue weighted by Gasteiger charge is 2.12. The molecular weight excluding hydrogens is 310 g/mol. The summed E-state index contributed by atoms with van der Waals surface area (Å²) < 4.78 is 1.86. The fourth-order valence-electron chi connectivity index (χ4n) is 2.08. The molecule has 0 spiro atoms. The van der Waals surface area contributed by atoms with Crippen LogP contribution in [0.5, 0.6) is 0 Å². The van der Waals surface area contributed by atoms with Gasteiger partial charge in [-0.05, 0) is 25.8 Å². The summed E-state index contributed by atoms with van der Waals surface area (Å²) in [5, 5.41) is 9.74.